The highest BCUT2D eigenvalue weighted by Crippen LogP contribution is 2.30. The van der Waals surface area contributed by atoms with Gasteiger partial charge in [0, 0.05) is 0 Å². The van der Waals surface area contributed by atoms with Crippen LogP contribution >= 0.6 is 23.5 Å². The van der Waals surface area contributed by atoms with Crippen molar-refractivity contribution in [1.82, 2.24) is 21.3 Å². The van der Waals surface area contributed by atoms with Crippen LogP contribution in [0.1, 0.15) is 22.3 Å². The number of morpholine rings is 2. The molecule has 2 unspecified atom stereocenters. The van der Waals surface area contributed by atoms with Crippen LogP contribution in [0.3, 0.4) is 0 Å². The lowest BCUT2D eigenvalue weighted by molar-refractivity contribution is -0.131. The van der Waals surface area contributed by atoms with E-state index in [1.165, 1.54) is 17.8 Å². The minimum Gasteiger partial charge on any atom is -0.457 e. The van der Waals surface area contributed by atoms with E-state index >= 15 is 0 Å². The zero-order chi connectivity index (χ0) is 40.4. The quantitative estimate of drug-likeness (QED) is 0.145. The Morgan fingerprint density at radius 2 is 1.19 bits per heavy atom. The second-order valence-corrected chi connectivity index (χ2v) is 15.4. The van der Waals surface area contributed by atoms with E-state index in [0.717, 1.165) is 28.5 Å². The number of carbonyl (C=O) groups excluding carboxylic acids is 5. The third-order valence-electron chi connectivity index (χ3n) is 8.87. The van der Waals surface area contributed by atoms with Crippen molar-refractivity contribution in [3.05, 3.63) is 129 Å². The van der Waals surface area contributed by atoms with E-state index < -0.39 is 5.82 Å². The summed E-state index contributed by atoms with van der Waals surface area (Å²) in [6.07, 6.45) is 4.67. The molecule has 4 aromatic carbocycles. The monoisotopic (exact) mass is 824 g/mol. The van der Waals surface area contributed by atoms with E-state index in [1.54, 1.807) is 48.6 Å². The summed E-state index contributed by atoms with van der Waals surface area (Å²) in [5.74, 6) is 1.29. The highest BCUT2D eigenvalue weighted by atomic mass is 32.2. The summed E-state index contributed by atoms with van der Waals surface area (Å²) < 4.78 is 36.4. The Morgan fingerprint density at radius 1 is 0.655 bits per heavy atom. The first-order valence-electron chi connectivity index (χ1n) is 18.2. The van der Waals surface area contributed by atoms with Gasteiger partial charge in [0.1, 0.15) is 30.5 Å². The molecular weight excluding hydrogens is 788 g/mol. The second kappa shape index (κ2) is 19.0. The molecule has 0 saturated carbocycles. The molecule has 0 radical (unpaired) electrons. The number of ether oxygens (including phenoxy) is 4. The maximum atomic E-state index is 14.4. The van der Waals surface area contributed by atoms with E-state index in [2.05, 4.69) is 21.3 Å². The molecule has 4 heterocycles. The highest BCUT2D eigenvalue weighted by Gasteiger charge is 2.25. The normalized spacial score (nSPS) is 20.5. The standard InChI is InChI=1S/C21H19FN2O4S.C21H18N2O5S/c22-17-8-14(9-19-21(26)23-12-29-19)3-6-18(17)28-16-4-1-13(2-5-16)7-15-10-27-11-20(25)24-15;24-19-12-27-11-15(22-19)9-13-1-5-16(6-2-13)28-17-7-3-14(4-8-17)10-18-20(25)23-21(26)29-18/h1-6,8-9,15H,7,10-12H2,(H,23,26)(H,24,25);1-8,10,15H,9,11-12H2,(H,22,24)(H,23,25,26)/b19-9-;18-10-. The van der Waals surface area contributed by atoms with Gasteiger partial charge in [0.05, 0.1) is 41.0 Å². The number of thioether (sulfide) groups is 2. The lowest BCUT2D eigenvalue weighted by Gasteiger charge is -2.23. The molecular formula is C42H37FN4O9S2. The number of rotatable bonds is 10. The molecule has 0 aromatic heterocycles. The third-order valence-corrected chi connectivity index (χ3v) is 10.6. The summed E-state index contributed by atoms with van der Waals surface area (Å²) in [6, 6.07) is 26.7. The van der Waals surface area contributed by atoms with Crippen molar-refractivity contribution in [1.29, 1.82) is 0 Å². The van der Waals surface area contributed by atoms with Crippen molar-refractivity contribution >= 4 is 64.5 Å². The van der Waals surface area contributed by atoms with E-state index in [4.69, 9.17) is 18.9 Å². The molecule has 298 valence electrons. The second-order valence-electron chi connectivity index (χ2n) is 13.4. The first-order chi connectivity index (χ1) is 28.1. The van der Waals surface area contributed by atoms with Gasteiger partial charge in [-0.25, -0.2) is 4.39 Å². The number of hydrogen-bond donors (Lipinski definition) is 4. The number of imide groups is 1. The molecule has 4 aromatic rings. The minimum absolute atomic E-state index is 0.0138. The summed E-state index contributed by atoms with van der Waals surface area (Å²) in [5.41, 5.74) is 3.50. The molecule has 0 spiro atoms. The Kier molecular flexibility index (Phi) is 13.2. The molecule has 4 fully saturated rings. The summed E-state index contributed by atoms with van der Waals surface area (Å²) in [7, 11) is 0. The maximum absolute atomic E-state index is 14.4. The SMILES string of the molecule is O=C1COCC(Cc2ccc(Oc3ccc(/C=C4\SC(=O)NC4=O)cc3)cc2)N1.O=C1COCC(Cc2ccc(Oc3ccc(/C=C4\SCNC4=O)cc3F)cc2)N1. The van der Waals surface area contributed by atoms with E-state index in [0.29, 0.717) is 64.6 Å². The molecule has 0 bridgehead atoms. The van der Waals surface area contributed by atoms with Crippen molar-refractivity contribution in [2.75, 3.05) is 32.3 Å². The van der Waals surface area contributed by atoms with Gasteiger partial charge in [-0.3, -0.25) is 29.3 Å². The van der Waals surface area contributed by atoms with Crippen LogP contribution in [0.15, 0.2) is 101 Å². The van der Waals surface area contributed by atoms with Crippen LogP contribution in [-0.2, 0) is 41.5 Å². The van der Waals surface area contributed by atoms with Gasteiger partial charge in [-0.15, -0.1) is 0 Å². The molecule has 13 nitrogen and oxygen atoms in total. The van der Waals surface area contributed by atoms with E-state index in [-0.39, 0.29) is 59.9 Å². The molecule has 16 heteroatoms. The fourth-order valence-electron chi connectivity index (χ4n) is 6.13. The smallest absolute Gasteiger partial charge is 0.290 e. The Labute approximate surface area is 341 Å². The summed E-state index contributed by atoms with van der Waals surface area (Å²) in [6.45, 7) is 1.23. The number of benzene rings is 4. The van der Waals surface area contributed by atoms with Crippen molar-refractivity contribution in [3.63, 3.8) is 0 Å². The Morgan fingerprint density at radius 3 is 1.69 bits per heavy atom. The van der Waals surface area contributed by atoms with Crippen molar-refractivity contribution in [2.45, 2.75) is 24.9 Å². The number of nitrogens with one attached hydrogen (secondary N) is 4. The van der Waals surface area contributed by atoms with Gasteiger partial charge in [-0.05, 0) is 108 Å². The Bertz CT molecular complexity index is 2250. The van der Waals surface area contributed by atoms with Crippen LogP contribution in [-0.4, -0.2) is 73.3 Å². The number of hydrogen-bond acceptors (Lipinski definition) is 11. The molecule has 8 rings (SSSR count). The molecule has 4 N–H and O–H groups in total. The molecule has 58 heavy (non-hydrogen) atoms. The molecule has 0 aliphatic carbocycles. The zero-order valence-electron chi connectivity index (χ0n) is 30.8. The molecule has 4 aliphatic rings. The summed E-state index contributed by atoms with van der Waals surface area (Å²) in [4.78, 5) is 58.1. The first-order valence-corrected chi connectivity index (χ1v) is 20.0. The lowest BCUT2D eigenvalue weighted by Crippen LogP contribution is -2.46. The number of carbonyl (C=O) groups is 5. The van der Waals surface area contributed by atoms with E-state index in [9.17, 15) is 28.4 Å². The predicted molar refractivity (Wildman–Crippen MR) is 216 cm³/mol. The first kappa shape index (κ1) is 40.3. The number of amides is 5. The van der Waals surface area contributed by atoms with Gasteiger partial charge in [-0.1, -0.05) is 54.2 Å². The van der Waals surface area contributed by atoms with Gasteiger partial charge < -0.3 is 34.9 Å². The lowest BCUT2D eigenvalue weighted by atomic mass is 10.1. The Balaban J connectivity index is 0.000000177. The van der Waals surface area contributed by atoms with Gasteiger partial charge in [-0.2, -0.15) is 0 Å². The van der Waals surface area contributed by atoms with Gasteiger partial charge in [0.25, 0.3) is 17.1 Å². The van der Waals surface area contributed by atoms with Crippen molar-refractivity contribution in [2.24, 2.45) is 0 Å². The fraction of sp³-hybridized carbons (Fsp3) is 0.214. The average Bonchev–Trinajstić information content (AvgIpc) is 3.76. The van der Waals surface area contributed by atoms with Crippen LogP contribution < -0.4 is 30.7 Å². The number of halogens is 1. The van der Waals surface area contributed by atoms with E-state index in [1.807, 2.05) is 48.5 Å². The van der Waals surface area contributed by atoms with Gasteiger partial charge in [0.2, 0.25) is 11.8 Å². The van der Waals surface area contributed by atoms with Gasteiger partial charge in [0.15, 0.2) is 11.6 Å². The van der Waals surface area contributed by atoms with Crippen LogP contribution in [0.2, 0.25) is 0 Å². The molecule has 5 amide bonds. The average molecular weight is 825 g/mol. The predicted octanol–water partition coefficient (Wildman–Crippen LogP) is 5.70. The van der Waals surface area contributed by atoms with Crippen molar-refractivity contribution < 1.29 is 47.3 Å². The summed E-state index contributed by atoms with van der Waals surface area (Å²) >= 11 is 2.28. The van der Waals surface area contributed by atoms with Crippen LogP contribution in [0, 0.1) is 5.82 Å². The molecule has 4 aliphatic heterocycles. The van der Waals surface area contributed by atoms with Crippen LogP contribution in [0.4, 0.5) is 9.18 Å². The minimum atomic E-state index is -0.506. The highest BCUT2D eigenvalue weighted by molar-refractivity contribution is 8.18. The molecule has 2 atom stereocenters. The zero-order valence-corrected chi connectivity index (χ0v) is 32.4. The van der Waals surface area contributed by atoms with Crippen molar-refractivity contribution in [3.8, 4) is 23.0 Å². The van der Waals surface area contributed by atoms with Gasteiger partial charge >= 0.3 is 0 Å². The maximum Gasteiger partial charge on any atom is 0.290 e. The van der Waals surface area contributed by atoms with Crippen LogP contribution in [0.5, 0.6) is 23.0 Å². The fourth-order valence-corrected chi connectivity index (χ4v) is 7.60. The largest absolute Gasteiger partial charge is 0.457 e. The third kappa shape index (κ3) is 11.3. The topological polar surface area (TPSA) is 170 Å². The molecule has 4 saturated heterocycles. The summed E-state index contributed by atoms with van der Waals surface area (Å²) in [5, 5.41) is 10.4. The van der Waals surface area contributed by atoms with Crippen LogP contribution in [0.25, 0.3) is 12.2 Å². The Hall–Kier alpha value is -5.94.